The van der Waals surface area contributed by atoms with E-state index in [0.717, 1.165) is 13.2 Å². The first-order chi connectivity index (χ1) is 6.24. The summed E-state index contributed by atoms with van der Waals surface area (Å²) in [5.74, 6) is 0. The molecule has 0 amide bonds. The smallest absolute Gasteiger partial charge is 0.183 e. The van der Waals surface area contributed by atoms with Gasteiger partial charge in [0, 0.05) is 25.2 Å². The Kier molecular flexibility index (Phi) is 5.94. The van der Waals surface area contributed by atoms with Gasteiger partial charge in [-0.05, 0) is 47.3 Å². The second-order valence-corrected chi connectivity index (χ2v) is 9.90. The molecule has 0 aliphatic heterocycles. The fraction of sp³-hybridized carbons (Fsp3) is 1.00. The van der Waals surface area contributed by atoms with Crippen LogP contribution >= 0.6 is 0 Å². The van der Waals surface area contributed by atoms with Crippen molar-refractivity contribution in [3.05, 3.63) is 0 Å². The summed E-state index contributed by atoms with van der Waals surface area (Å²) in [4.78, 5) is 2.47. The monoisotopic (exact) mass is 217 g/mol. The highest BCUT2D eigenvalue weighted by Gasteiger charge is 2.17. The van der Waals surface area contributed by atoms with Gasteiger partial charge in [-0.1, -0.05) is 0 Å². The van der Waals surface area contributed by atoms with Crippen molar-refractivity contribution in [3.8, 4) is 0 Å². The highest BCUT2D eigenvalue weighted by molar-refractivity contribution is 6.69. The van der Waals surface area contributed by atoms with Gasteiger partial charge >= 0.3 is 0 Å². The van der Waals surface area contributed by atoms with E-state index in [0.29, 0.717) is 12.1 Å². The minimum atomic E-state index is -1.32. The van der Waals surface area contributed by atoms with E-state index in [2.05, 4.69) is 52.2 Å². The van der Waals surface area contributed by atoms with Crippen molar-refractivity contribution in [2.75, 3.05) is 13.2 Å². The van der Waals surface area contributed by atoms with Crippen LogP contribution in [0.25, 0.3) is 0 Å². The maximum Gasteiger partial charge on any atom is 0.183 e. The third-order valence-corrected chi connectivity index (χ3v) is 3.28. The fourth-order valence-electron chi connectivity index (χ4n) is 1.57. The minimum Gasteiger partial charge on any atom is -0.416 e. The van der Waals surface area contributed by atoms with Gasteiger partial charge in [0.1, 0.15) is 0 Å². The standard InChI is InChI=1S/C11H27NOSi/c1-10(2)12(11(3)4)8-9-13-14(5,6)7/h10-11H,8-9H2,1-7H3. The first-order valence-electron chi connectivity index (χ1n) is 5.63. The predicted octanol–water partition coefficient (Wildman–Crippen LogP) is 2.96. The summed E-state index contributed by atoms with van der Waals surface area (Å²) < 4.78 is 5.86. The van der Waals surface area contributed by atoms with Crippen molar-refractivity contribution in [2.45, 2.75) is 59.4 Å². The molecule has 0 atom stereocenters. The largest absolute Gasteiger partial charge is 0.416 e. The van der Waals surface area contributed by atoms with E-state index >= 15 is 0 Å². The third-order valence-electron chi connectivity index (χ3n) is 2.21. The SMILES string of the molecule is CC(C)N(CCO[Si](C)(C)C)C(C)C. The molecule has 2 nitrogen and oxygen atoms in total. The average Bonchev–Trinajstić information content (AvgIpc) is 1.94. The highest BCUT2D eigenvalue weighted by atomic mass is 28.4. The number of hydrogen-bond donors (Lipinski definition) is 0. The molecule has 0 radical (unpaired) electrons. The molecule has 0 aliphatic rings. The van der Waals surface area contributed by atoms with Crippen molar-refractivity contribution < 1.29 is 4.43 Å². The summed E-state index contributed by atoms with van der Waals surface area (Å²) in [5, 5.41) is 0. The summed E-state index contributed by atoms with van der Waals surface area (Å²) in [6.07, 6.45) is 0. The van der Waals surface area contributed by atoms with Gasteiger partial charge in [0.05, 0.1) is 0 Å². The molecule has 0 heterocycles. The van der Waals surface area contributed by atoms with Crippen LogP contribution in [0.5, 0.6) is 0 Å². The van der Waals surface area contributed by atoms with Crippen LogP contribution in [0.15, 0.2) is 0 Å². The summed E-state index contributed by atoms with van der Waals surface area (Å²) in [5.41, 5.74) is 0. The molecule has 0 saturated carbocycles. The van der Waals surface area contributed by atoms with E-state index in [1.54, 1.807) is 0 Å². The molecule has 0 N–H and O–H groups in total. The Morgan fingerprint density at radius 3 is 1.71 bits per heavy atom. The van der Waals surface area contributed by atoms with Crippen molar-refractivity contribution in [3.63, 3.8) is 0 Å². The van der Waals surface area contributed by atoms with Gasteiger partial charge in [0.2, 0.25) is 0 Å². The topological polar surface area (TPSA) is 12.5 Å². The fourth-order valence-corrected chi connectivity index (χ4v) is 2.27. The molecule has 0 fully saturated rings. The minimum absolute atomic E-state index is 0.611. The summed E-state index contributed by atoms with van der Waals surface area (Å²) in [6, 6.07) is 1.22. The maximum absolute atomic E-state index is 5.86. The number of hydrogen-bond acceptors (Lipinski definition) is 2. The first kappa shape index (κ1) is 14.1. The van der Waals surface area contributed by atoms with Crippen molar-refractivity contribution in [1.82, 2.24) is 4.90 Å². The van der Waals surface area contributed by atoms with Crippen LogP contribution in [0, 0.1) is 0 Å². The lowest BCUT2D eigenvalue weighted by Crippen LogP contribution is -2.41. The van der Waals surface area contributed by atoms with Crippen molar-refractivity contribution >= 4 is 8.32 Å². The quantitative estimate of drug-likeness (QED) is 0.634. The first-order valence-corrected chi connectivity index (χ1v) is 9.04. The maximum atomic E-state index is 5.86. The third kappa shape index (κ3) is 6.57. The van der Waals surface area contributed by atoms with Crippen LogP contribution in [0.3, 0.4) is 0 Å². The predicted molar refractivity (Wildman–Crippen MR) is 66.3 cm³/mol. The van der Waals surface area contributed by atoms with E-state index in [1.165, 1.54) is 0 Å². The van der Waals surface area contributed by atoms with Crippen LogP contribution in [-0.2, 0) is 4.43 Å². The molecule has 0 aliphatic carbocycles. The molecule has 0 bridgehead atoms. The molecular weight excluding hydrogens is 190 g/mol. The zero-order chi connectivity index (χ0) is 11.4. The highest BCUT2D eigenvalue weighted by Crippen LogP contribution is 2.07. The molecule has 0 aromatic carbocycles. The lowest BCUT2D eigenvalue weighted by Gasteiger charge is -2.31. The van der Waals surface area contributed by atoms with E-state index in [4.69, 9.17) is 4.43 Å². The van der Waals surface area contributed by atoms with Crippen molar-refractivity contribution in [1.29, 1.82) is 0 Å². The molecule has 0 unspecified atom stereocenters. The molecule has 0 spiro atoms. The lowest BCUT2D eigenvalue weighted by molar-refractivity contribution is 0.140. The zero-order valence-corrected chi connectivity index (χ0v) is 11.9. The van der Waals surface area contributed by atoms with Crippen molar-refractivity contribution in [2.24, 2.45) is 0 Å². The second-order valence-electron chi connectivity index (χ2n) is 5.39. The molecule has 86 valence electrons. The molecule has 14 heavy (non-hydrogen) atoms. The van der Waals surface area contributed by atoms with Gasteiger partial charge < -0.3 is 4.43 Å². The van der Waals surface area contributed by atoms with Gasteiger partial charge in [-0.25, -0.2) is 0 Å². The van der Waals surface area contributed by atoms with Crippen LogP contribution in [-0.4, -0.2) is 38.5 Å². The normalized spacial score (nSPS) is 13.3. The summed E-state index contributed by atoms with van der Waals surface area (Å²) in [6.45, 7) is 17.6. The van der Waals surface area contributed by atoms with E-state index in [1.807, 2.05) is 0 Å². The number of nitrogens with zero attached hydrogens (tertiary/aromatic N) is 1. The van der Waals surface area contributed by atoms with Gasteiger partial charge in [-0.3, -0.25) is 4.90 Å². The van der Waals surface area contributed by atoms with Crippen LogP contribution in [0.4, 0.5) is 0 Å². The van der Waals surface area contributed by atoms with E-state index in [9.17, 15) is 0 Å². The molecule has 3 heteroatoms. The van der Waals surface area contributed by atoms with Gasteiger partial charge in [-0.2, -0.15) is 0 Å². The summed E-state index contributed by atoms with van der Waals surface area (Å²) >= 11 is 0. The Labute approximate surface area is 90.8 Å². The molecule has 0 aromatic rings. The van der Waals surface area contributed by atoms with E-state index < -0.39 is 8.32 Å². The lowest BCUT2D eigenvalue weighted by atomic mass is 10.2. The zero-order valence-electron chi connectivity index (χ0n) is 10.9. The summed E-state index contributed by atoms with van der Waals surface area (Å²) in [7, 11) is -1.32. The Hall–Kier alpha value is 0.137. The van der Waals surface area contributed by atoms with Gasteiger partial charge in [-0.15, -0.1) is 0 Å². The van der Waals surface area contributed by atoms with E-state index in [-0.39, 0.29) is 0 Å². The number of rotatable bonds is 6. The van der Waals surface area contributed by atoms with Crippen LogP contribution in [0.2, 0.25) is 19.6 Å². The van der Waals surface area contributed by atoms with Gasteiger partial charge in [0.25, 0.3) is 0 Å². The Morgan fingerprint density at radius 2 is 1.43 bits per heavy atom. The Bertz CT molecular complexity index is 144. The van der Waals surface area contributed by atoms with Gasteiger partial charge in [0.15, 0.2) is 8.32 Å². The molecular formula is C11H27NOSi. The average molecular weight is 217 g/mol. The molecule has 0 rings (SSSR count). The Balaban J connectivity index is 3.84. The van der Waals surface area contributed by atoms with Crippen LogP contribution in [0.1, 0.15) is 27.7 Å². The molecule has 0 aromatic heterocycles. The molecule has 0 saturated heterocycles. The Morgan fingerprint density at radius 1 is 1.00 bits per heavy atom. The second kappa shape index (κ2) is 5.88. The van der Waals surface area contributed by atoms with Crippen LogP contribution < -0.4 is 0 Å².